The molecule has 0 bridgehead atoms. The fourth-order valence-electron chi connectivity index (χ4n) is 1.90. The number of hydrogen-bond acceptors (Lipinski definition) is 6. The molecule has 76 valence electrons. The van der Waals surface area contributed by atoms with Crippen LogP contribution < -0.4 is 0 Å². The summed E-state index contributed by atoms with van der Waals surface area (Å²) in [5.74, 6) is -0.721. The van der Waals surface area contributed by atoms with E-state index in [1.807, 2.05) is 0 Å². The first-order valence-corrected chi connectivity index (χ1v) is 4.35. The summed E-state index contributed by atoms with van der Waals surface area (Å²) in [5, 5.41) is 35.9. The Hall–Kier alpha value is -2.54. The zero-order chi connectivity index (χ0) is 11.8. The van der Waals surface area contributed by atoms with E-state index in [0.717, 1.165) is 0 Å². The predicted octanol–water partition coefficient (Wildman–Crippen LogP) is 0.117. The molecule has 0 saturated carbocycles. The standard InChI is InChI=1S/C10H4N4O2/c11-3-9(4-12)7-1-2-15-8(7)10(5-13,6-14)16-9/h1-2,7-8H/t7-,8-/m0/s1. The molecule has 0 radical (unpaired) electrons. The first kappa shape index (κ1) is 9.99. The highest BCUT2D eigenvalue weighted by Gasteiger charge is 2.67. The normalized spacial score (nSPS) is 31.2. The number of rotatable bonds is 0. The smallest absolute Gasteiger partial charge is 0.281 e. The first-order valence-electron chi connectivity index (χ1n) is 4.35. The highest BCUT2D eigenvalue weighted by Crippen LogP contribution is 2.46. The maximum absolute atomic E-state index is 8.98. The molecule has 2 atom stereocenters. The molecule has 0 unspecified atom stereocenters. The second-order valence-corrected chi connectivity index (χ2v) is 3.43. The molecule has 2 aliphatic rings. The van der Waals surface area contributed by atoms with Crippen molar-refractivity contribution in [3.8, 4) is 24.3 Å². The lowest BCUT2D eigenvalue weighted by Gasteiger charge is -2.17. The SMILES string of the molecule is N#CC1(C#N)OC(C#N)(C#N)[C@H]2OC=C[C@@H]21. The topological polar surface area (TPSA) is 114 Å². The minimum Gasteiger partial charge on any atom is -0.492 e. The van der Waals surface area contributed by atoms with Crippen LogP contribution in [0.2, 0.25) is 0 Å². The molecule has 0 aromatic carbocycles. The van der Waals surface area contributed by atoms with Crippen LogP contribution >= 0.6 is 0 Å². The van der Waals surface area contributed by atoms with Crippen molar-refractivity contribution < 1.29 is 9.47 Å². The van der Waals surface area contributed by atoms with E-state index in [1.54, 1.807) is 24.3 Å². The van der Waals surface area contributed by atoms with E-state index in [-0.39, 0.29) is 0 Å². The van der Waals surface area contributed by atoms with Gasteiger partial charge in [0.1, 0.15) is 24.3 Å². The second kappa shape index (κ2) is 2.97. The lowest BCUT2D eigenvalue weighted by Crippen LogP contribution is -2.38. The van der Waals surface area contributed by atoms with E-state index in [4.69, 9.17) is 30.5 Å². The third kappa shape index (κ3) is 0.894. The molecule has 0 amide bonds. The molecule has 2 rings (SSSR count). The van der Waals surface area contributed by atoms with Gasteiger partial charge in [-0.1, -0.05) is 0 Å². The predicted molar refractivity (Wildman–Crippen MR) is 46.5 cm³/mol. The molecule has 6 heteroatoms. The van der Waals surface area contributed by atoms with Crippen LogP contribution in [0.3, 0.4) is 0 Å². The van der Waals surface area contributed by atoms with E-state index < -0.39 is 23.2 Å². The maximum atomic E-state index is 8.98. The minimum absolute atomic E-state index is 0.721. The van der Waals surface area contributed by atoms with E-state index in [9.17, 15) is 0 Å². The number of hydrogen-bond donors (Lipinski definition) is 0. The summed E-state index contributed by atoms with van der Waals surface area (Å²) in [6.45, 7) is 0. The Kier molecular flexibility index (Phi) is 1.86. The molecule has 0 aromatic heterocycles. The van der Waals surface area contributed by atoms with Crippen molar-refractivity contribution in [2.24, 2.45) is 5.92 Å². The summed E-state index contributed by atoms with van der Waals surface area (Å²) in [7, 11) is 0. The molecular weight excluding hydrogens is 208 g/mol. The van der Waals surface area contributed by atoms with Gasteiger partial charge in [0, 0.05) is 0 Å². The Balaban J connectivity index is 2.57. The van der Waals surface area contributed by atoms with Gasteiger partial charge in [-0.25, -0.2) is 0 Å². The molecule has 2 heterocycles. The van der Waals surface area contributed by atoms with Gasteiger partial charge in [0.15, 0.2) is 6.10 Å². The molecule has 2 aliphatic heterocycles. The van der Waals surface area contributed by atoms with Gasteiger partial charge in [0.25, 0.3) is 11.2 Å². The van der Waals surface area contributed by atoms with E-state index in [2.05, 4.69) is 0 Å². The van der Waals surface area contributed by atoms with Gasteiger partial charge < -0.3 is 9.47 Å². The Bertz CT molecular complexity index is 497. The van der Waals surface area contributed by atoms with Crippen LogP contribution in [-0.4, -0.2) is 17.3 Å². The highest BCUT2D eigenvalue weighted by atomic mass is 16.6. The average Bonchev–Trinajstić information content (AvgIpc) is 2.90. The fourth-order valence-corrected chi connectivity index (χ4v) is 1.90. The monoisotopic (exact) mass is 212 g/mol. The van der Waals surface area contributed by atoms with Gasteiger partial charge in [0.05, 0.1) is 12.2 Å². The van der Waals surface area contributed by atoms with Gasteiger partial charge >= 0.3 is 0 Å². The third-order valence-electron chi connectivity index (χ3n) is 2.69. The van der Waals surface area contributed by atoms with Crippen LogP contribution in [-0.2, 0) is 9.47 Å². The molecular formula is C10H4N4O2. The molecule has 16 heavy (non-hydrogen) atoms. The summed E-state index contributed by atoms with van der Waals surface area (Å²) in [4.78, 5) is 0. The van der Waals surface area contributed by atoms with E-state index >= 15 is 0 Å². The van der Waals surface area contributed by atoms with Crippen molar-refractivity contribution >= 4 is 0 Å². The van der Waals surface area contributed by atoms with Crippen molar-refractivity contribution in [3.05, 3.63) is 12.3 Å². The third-order valence-corrected chi connectivity index (χ3v) is 2.69. The molecule has 0 aromatic rings. The summed E-state index contributed by atoms with van der Waals surface area (Å²) in [5.41, 5.74) is -3.73. The highest BCUT2D eigenvalue weighted by molar-refractivity contribution is 5.40. The van der Waals surface area contributed by atoms with Crippen LogP contribution in [0.25, 0.3) is 0 Å². The number of nitrogens with zero attached hydrogens (tertiary/aromatic N) is 4. The van der Waals surface area contributed by atoms with Gasteiger partial charge in [-0.3, -0.25) is 0 Å². The van der Waals surface area contributed by atoms with Crippen LogP contribution in [0.1, 0.15) is 0 Å². The van der Waals surface area contributed by atoms with E-state index in [0.29, 0.717) is 0 Å². The van der Waals surface area contributed by atoms with Crippen LogP contribution in [0.4, 0.5) is 0 Å². The summed E-state index contributed by atoms with van der Waals surface area (Å²) >= 11 is 0. The molecule has 1 fully saturated rings. The van der Waals surface area contributed by atoms with Crippen molar-refractivity contribution in [2.45, 2.75) is 17.3 Å². The number of fused-ring (bicyclic) bond motifs is 1. The first-order chi connectivity index (χ1) is 7.68. The van der Waals surface area contributed by atoms with E-state index in [1.165, 1.54) is 12.3 Å². The molecule has 1 saturated heterocycles. The zero-order valence-electron chi connectivity index (χ0n) is 7.91. The summed E-state index contributed by atoms with van der Waals surface area (Å²) < 4.78 is 10.2. The van der Waals surface area contributed by atoms with Gasteiger partial charge in [-0.15, -0.1) is 0 Å². The number of ether oxygens (including phenoxy) is 2. The molecule has 0 aliphatic carbocycles. The average molecular weight is 212 g/mol. The second-order valence-electron chi connectivity index (χ2n) is 3.43. The Morgan fingerprint density at radius 1 is 0.938 bits per heavy atom. The zero-order valence-corrected chi connectivity index (χ0v) is 7.91. The van der Waals surface area contributed by atoms with Crippen molar-refractivity contribution in [3.63, 3.8) is 0 Å². The minimum atomic E-state index is -1.90. The van der Waals surface area contributed by atoms with Crippen LogP contribution in [0.5, 0.6) is 0 Å². The van der Waals surface area contributed by atoms with Crippen molar-refractivity contribution in [1.82, 2.24) is 0 Å². The van der Waals surface area contributed by atoms with Gasteiger partial charge in [0.2, 0.25) is 0 Å². The Morgan fingerprint density at radius 3 is 2.00 bits per heavy atom. The van der Waals surface area contributed by atoms with Crippen LogP contribution in [0, 0.1) is 51.2 Å². The maximum Gasteiger partial charge on any atom is 0.281 e. The van der Waals surface area contributed by atoms with Gasteiger partial charge in [-0.05, 0) is 6.08 Å². The fraction of sp³-hybridized carbons (Fsp3) is 0.400. The Morgan fingerprint density at radius 2 is 1.50 bits per heavy atom. The summed E-state index contributed by atoms with van der Waals surface area (Å²) in [6.07, 6.45) is 1.82. The van der Waals surface area contributed by atoms with Crippen molar-refractivity contribution in [2.75, 3.05) is 0 Å². The van der Waals surface area contributed by atoms with Gasteiger partial charge in [-0.2, -0.15) is 21.0 Å². The van der Waals surface area contributed by atoms with Crippen LogP contribution in [0.15, 0.2) is 12.3 Å². The molecule has 0 spiro atoms. The lowest BCUT2D eigenvalue weighted by molar-refractivity contribution is -0.0164. The number of nitriles is 4. The molecule has 6 nitrogen and oxygen atoms in total. The van der Waals surface area contributed by atoms with Crippen molar-refractivity contribution in [1.29, 1.82) is 21.0 Å². The molecule has 0 N–H and O–H groups in total. The largest absolute Gasteiger partial charge is 0.492 e. The quantitative estimate of drug-likeness (QED) is 0.563. The Labute approximate surface area is 91.1 Å². The lowest BCUT2D eigenvalue weighted by atomic mass is 9.85. The summed E-state index contributed by atoms with van der Waals surface area (Å²) in [6, 6.07) is 6.75.